The Morgan fingerprint density at radius 3 is 2.33 bits per heavy atom. The van der Waals surface area contributed by atoms with Crippen molar-refractivity contribution in [3.63, 3.8) is 0 Å². The third-order valence-corrected chi connectivity index (χ3v) is 7.59. The highest BCUT2D eigenvalue weighted by Crippen LogP contribution is 2.38. The molecule has 0 spiro atoms. The van der Waals surface area contributed by atoms with Gasteiger partial charge in [-0.1, -0.05) is 61.7 Å². The second-order valence-electron chi connectivity index (χ2n) is 9.52. The van der Waals surface area contributed by atoms with Crippen LogP contribution in [0.2, 0.25) is 0 Å². The number of fused-ring (bicyclic) bond motifs is 1. The average Bonchev–Trinajstić information content (AvgIpc) is 3.29. The van der Waals surface area contributed by atoms with Gasteiger partial charge >= 0.3 is 0 Å². The smallest absolute Gasteiger partial charge is 0.119 e. The third-order valence-electron chi connectivity index (χ3n) is 7.59. The van der Waals surface area contributed by atoms with Crippen LogP contribution in [0.1, 0.15) is 56.1 Å². The summed E-state index contributed by atoms with van der Waals surface area (Å²) in [5, 5.41) is 0. The maximum atomic E-state index is 5.99. The quantitative estimate of drug-likeness (QED) is 0.633. The summed E-state index contributed by atoms with van der Waals surface area (Å²) in [6.07, 6.45) is 10.0. The molecule has 2 aromatic carbocycles. The highest BCUT2D eigenvalue weighted by atomic mass is 16.5. The minimum atomic E-state index is 0.633. The predicted molar refractivity (Wildman–Crippen MR) is 123 cm³/mol. The highest BCUT2D eigenvalue weighted by Gasteiger charge is 2.42. The molecule has 0 N–H and O–H groups in total. The van der Waals surface area contributed by atoms with Crippen molar-refractivity contribution in [1.29, 1.82) is 0 Å². The minimum Gasteiger partial charge on any atom is -0.489 e. The van der Waals surface area contributed by atoms with Gasteiger partial charge in [-0.2, -0.15) is 0 Å². The molecule has 3 aliphatic rings. The standard InChI is InChI=1S/C27H36N2O/c1-3-8-23(9-4-1)21-30-25-15-13-22(14-16-25)20-29-19-18-28-17-7-12-26(28)27(29)24-10-5-2-6-11-24/h1,3-4,8-9,13-16,24,26-27H,2,5-7,10-12,17-21H2. The zero-order chi connectivity index (χ0) is 20.2. The molecule has 30 heavy (non-hydrogen) atoms. The molecule has 2 saturated heterocycles. The van der Waals surface area contributed by atoms with Gasteiger partial charge in [0.25, 0.3) is 0 Å². The van der Waals surface area contributed by atoms with Crippen molar-refractivity contribution in [3.05, 3.63) is 65.7 Å². The number of benzene rings is 2. The molecule has 2 aliphatic heterocycles. The van der Waals surface area contributed by atoms with Gasteiger partial charge in [-0.25, -0.2) is 0 Å². The topological polar surface area (TPSA) is 15.7 Å². The van der Waals surface area contributed by atoms with Crippen LogP contribution in [-0.4, -0.2) is 41.5 Å². The molecular weight excluding hydrogens is 368 g/mol. The summed E-state index contributed by atoms with van der Waals surface area (Å²) in [6, 6.07) is 20.8. The number of hydrogen-bond donors (Lipinski definition) is 0. The van der Waals surface area contributed by atoms with Crippen molar-refractivity contribution in [1.82, 2.24) is 9.80 Å². The first-order valence-corrected chi connectivity index (χ1v) is 12.1. The fourth-order valence-electron chi connectivity index (χ4n) is 6.10. The van der Waals surface area contributed by atoms with Crippen LogP contribution in [0.15, 0.2) is 54.6 Å². The first kappa shape index (κ1) is 20.1. The Bertz CT molecular complexity index is 784. The molecule has 2 aromatic rings. The summed E-state index contributed by atoms with van der Waals surface area (Å²) in [5.41, 5.74) is 2.64. The lowest BCUT2D eigenvalue weighted by Crippen LogP contribution is -2.59. The van der Waals surface area contributed by atoms with E-state index in [1.54, 1.807) is 0 Å². The van der Waals surface area contributed by atoms with Gasteiger partial charge in [-0.3, -0.25) is 9.80 Å². The van der Waals surface area contributed by atoms with Crippen molar-refractivity contribution < 1.29 is 4.74 Å². The van der Waals surface area contributed by atoms with E-state index in [9.17, 15) is 0 Å². The number of rotatable bonds is 6. The molecule has 160 valence electrons. The lowest BCUT2D eigenvalue weighted by atomic mass is 9.78. The number of ether oxygens (including phenoxy) is 1. The van der Waals surface area contributed by atoms with Gasteiger partial charge in [0.2, 0.25) is 0 Å². The second-order valence-corrected chi connectivity index (χ2v) is 9.52. The van der Waals surface area contributed by atoms with Gasteiger partial charge in [0.15, 0.2) is 0 Å². The Balaban J connectivity index is 1.24. The van der Waals surface area contributed by atoms with Gasteiger partial charge < -0.3 is 4.74 Å². The van der Waals surface area contributed by atoms with Crippen molar-refractivity contribution in [3.8, 4) is 5.75 Å². The zero-order valence-electron chi connectivity index (χ0n) is 18.2. The Hall–Kier alpha value is -1.84. The molecule has 1 aliphatic carbocycles. The molecule has 3 heteroatoms. The largest absolute Gasteiger partial charge is 0.489 e. The monoisotopic (exact) mass is 404 g/mol. The molecule has 2 unspecified atom stereocenters. The average molecular weight is 405 g/mol. The van der Waals surface area contributed by atoms with Gasteiger partial charge in [0.1, 0.15) is 12.4 Å². The van der Waals surface area contributed by atoms with Crippen LogP contribution in [0.25, 0.3) is 0 Å². The van der Waals surface area contributed by atoms with Gasteiger partial charge in [-0.05, 0) is 61.4 Å². The van der Waals surface area contributed by atoms with Crippen LogP contribution in [0, 0.1) is 5.92 Å². The predicted octanol–water partition coefficient (Wildman–Crippen LogP) is 5.49. The van der Waals surface area contributed by atoms with Crippen LogP contribution < -0.4 is 4.74 Å². The second kappa shape index (κ2) is 9.53. The molecule has 0 radical (unpaired) electrons. The van der Waals surface area contributed by atoms with E-state index in [-0.39, 0.29) is 0 Å². The van der Waals surface area contributed by atoms with Crippen LogP contribution in [0.3, 0.4) is 0 Å². The Kier molecular flexibility index (Phi) is 6.38. The first-order valence-electron chi connectivity index (χ1n) is 12.1. The molecule has 0 aromatic heterocycles. The van der Waals surface area contributed by atoms with Gasteiger partial charge in [0.05, 0.1) is 0 Å². The van der Waals surface area contributed by atoms with E-state index in [0.717, 1.165) is 30.3 Å². The van der Waals surface area contributed by atoms with Crippen molar-refractivity contribution >= 4 is 0 Å². The van der Waals surface area contributed by atoms with E-state index in [1.807, 2.05) is 6.07 Å². The van der Waals surface area contributed by atoms with Gasteiger partial charge in [0, 0.05) is 31.7 Å². The van der Waals surface area contributed by atoms with E-state index in [2.05, 4.69) is 58.3 Å². The molecular formula is C27H36N2O. The van der Waals surface area contributed by atoms with E-state index in [0.29, 0.717) is 6.61 Å². The third kappa shape index (κ3) is 4.58. The molecule has 3 fully saturated rings. The summed E-state index contributed by atoms with van der Waals surface area (Å²) in [6.45, 7) is 5.53. The van der Waals surface area contributed by atoms with Crippen LogP contribution in [0.4, 0.5) is 0 Å². The molecule has 0 amide bonds. The molecule has 0 bridgehead atoms. The number of piperazine rings is 1. The van der Waals surface area contributed by atoms with Crippen molar-refractivity contribution in [2.24, 2.45) is 5.92 Å². The Labute approximate surface area is 182 Å². The van der Waals surface area contributed by atoms with E-state index in [1.165, 1.54) is 75.7 Å². The molecule has 2 heterocycles. The van der Waals surface area contributed by atoms with E-state index in [4.69, 9.17) is 4.74 Å². The minimum absolute atomic E-state index is 0.633. The van der Waals surface area contributed by atoms with Crippen molar-refractivity contribution in [2.75, 3.05) is 19.6 Å². The highest BCUT2D eigenvalue weighted by molar-refractivity contribution is 5.28. The van der Waals surface area contributed by atoms with Crippen molar-refractivity contribution in [2.45, 2.75) is 70.2 Å². The van der Waals surface area contributed by atoms with Crippen LogP contribution >= 0.6 is 0 Å². The first-order chi connectivity index (χ1) is 14.9. The fourth-order valence-corrected chi connectivity index (χ4v) is 6.10. The molecule has 3 nitrogen and oxygen atoms in total. The normalized spacial score (nSPS) is 25.9. The summed E-state index contributed by atoms with van der Waals surface area (Å²) in [7, 11) is 0. The lowest BCUT2D eigenvalue weighted by molar-refractivity contribution is -0.00380. The molecule has 2 atom stereocenters. The summed E-state index contributed by atoms with van der Waals surface area (Å²) in [5.74, 6) is 1.87. The van der Waals surface area contributed by atoms with E-state index >= 15 is 0 Å². The van der Waals surface area contributed by atoms with E-state index < -0.39 is 0 Å². The Morgan fingerprint density at radius 1 is 0.733 bits per heavy atom. The molecule has 5 rings (SSSR count). The summed E-state index contributed by atoms with van der Waals surface area (Å²) < 4.78 is 5.99. The maximum Gasteiger partial charge on any atom is 0.119 e. The summed E-state index contributed by atoms with van der Waals surface area (Å²) in [4.78, 5) is 5.64. The fraction of sp³-hybridized carbons (Fsp3) is 0.556. The lowest BCUT2D eigenvalue weighted by Gasteiger charge is -2.49. The van der Waals surface area contributed by atoms with Gasteiger partial charge in [-0.15, -0.1) is 0 Å². The summed E-state index contributed by atoms with van der Waals surface area (Å²) >= 11 is 0. The van der Waals surface area contributed by atoms with Crippen LogP contribution in [-0.2, 0) is 13.2 Å². The maximum absolute atomic E-state index is 5.99. The number of nitrogens with zero attached hydrogens (tertiary/aromatic N) is 2. The zero-order valence-corrected chi connectivity index (χ0v) is 18.2. The Morgan fingerprint density at radius 2 is 1.53 bits per heavy atom. The number of hydrogen-bond acceptors (Lipinski definition) is 3. The SMILES string of the molecule is c1ccc(COc2ccc(CN3CCN4CCCC4C3C3CCCCC3)cc2)cc1. The van der Waals surface area contributed by atoms with Crippen LogP contribution in [0.5, 0.6) is 5.75 Å². The molecule has 1 saturated carbocycles.